The fourth-order valence-electron chi connectivity index (χ4n) is 0.225. The number of hydrogen-bond acceptors (Lipinski definition) is 2. The molecular formula is C5H8ClO2. The van der Waals surface area contributed by atoms with E-state index in [4.69, 9.17) is 11.6 Å². The van der Waals surface area contributed by atoms with Gasteiger partial charge in [-0.15, -0.1) is 11.6 Å². The van der Waals surface area contributed by atoms with Crippen molar-refractivity contribution in [3.63, 3.8) is 0 Å². The molecule has 0 aliphatic carbocycles. The average molecular weight is 136 g/mol. The summed E-state index contributed by atoms with van der Waals surface area (Å²) in [5, 5.41) is 0. The Hall–Kier alpha value is -0.240. The van der Waals surface area contributed by atoms with Crippen molar-refractivity contribution in [1.29, 1.82) is 0 Å². The van der Waals surface area contributed by atoms with E-state index in [0.717, 1.165) is 0 Å². The van der Waals surface area contributed by atoms with E-state index in [1.54, 1.807) is 0 Å². The Morgan fingerprint density at radius 1 is 1.75 bits per heavy atom. The lowest BCUT2D eigenvalue weighted by atomic mass is 10.5. The lowest BCUT2D eigenvalue weighted by Crippen LogP contribution is -2.04. The maximum atomic E-state index is 10.2. The van der Waals surface area contributed by atoms with Crippen molar-refractivity contribution in [3.8, 4) is 0 Å². The van der Waals surface area contributed by atoms with Gasteiger partial charge in [0.25, 0.3) is 0 Å². The van der Waals surface area contributed by atoms with Crippen LogP contribution in [-0.2, 0) is 9.53 Å². The molecule has 0 aliphatic heterocycles. The van der Waals surface area contributed by atoms with E-state index in [1.165, 1.54) is 0 Å². The van der Waals surface area contributed by atoms with Crippen molar-refractivity contribution in [2.45, 2.75) is 6.42 Å². The van der Waals surface area contributed by atoms with Gasteiger partial charge in [-0.2, -0.15) is 0 Å². The third-order valence-electron chi connectivity index (χ3n) is 0.544. The molecule has 0 heterocycles. The Morgan fingerprint density at radius 3 is 2.75 bits per heavy atom. The first-order valence-electron chi connectivity index (χ1n) is 2.32. The highest BCUT2D eigenvalue weighted by atomic mass is 35.5. The van der Waals surface area contributed by atoms with Gasteiger partial charge < -0.3 is 4.74 Å². The number of ether oxygens (including phenoxy) is 1. The van der Waals surface area contributed by atoms with E-state index < -0.39 is 0 Å². The normalized spacial score (nSPS) is 8.75. The van der Waals surface area contributed by atoms with Crippen LogP contribution in [0, 0.1) is 6.92 Å². The van der Waals surface area contributed by atoms with Gasteiger partial charge in [-0.25, -0.2) is 0 Å². The number of alkyl halides is 1. The molecule has 47 valence electrons. The SMILES string of the molecule is [CH2]CC(=O)OCCCl. The number of hydrogen-bond donors (Lipinski definition) is 0. The van der Waals surface area contributed by atoms with Gasteiger partial charge in [-0.3, -0.25) is 4.79 Å². The zero-order valence-electron chi connectivity index (χ0n) is 4.52. The first-order chi connectivity index (χ1) is 3.81. The molecule has 0 saturated heterocycles. The largest absolute Gasteiger partial charge is 0.464 e. The minimum Gasteiger partial charge on any atom is -0.464 e. The van der Waals surface area contributed by atoms with Crippen LogP contribution in [0.5, 0.6) is 0 Å². The molecule has 0 rings (SSSR count). The standard InChI is InChI=1S/C5H8ClO2/c1-2-5(7)8-4-3-6/h1-4H2. The molecule has 0 unspecified atom stereocenters. The molecule has 0 fully saturated rings. The van der Waals surface area contributed by atoms with E-state index in [2.05, 4.69) is 11.7 Å². The molecule has 0 bridgehead atoms. The lowest BCUT2D eigenvalue weighted by Gasteiger charge is -1.96. The molecule has 0 saturated carbocycles. The monoisotopic (exact) mass is 135 g/mol. The summed E-state index contributed by atoms with van der Waals surface area (Å²) in [6.45, 7) is 3.61. The van der Waals surface area contributed by atoms with Gasteiger partial charge in [0.15, 0.2) is 0 Å². The van der Waals surface area contributed by atoms with Crippen molar-refractivity contribution < 1.29 is 9.53 Å². The fourth-order valence-corrected chi connectivity index (χ4v) is 0.302. The summed E-state index contributed by atoms with van der Waals surface area (Å²) in [5.74, 6) is 0.0526. The minimum atomic E-state index is -0.300. The first-order valence-corrected chi connectivity index (χ1v) is 2.85. The molecule has 0 atom stereocenters. The fraction of sp³-hybridized carbons (Fsp3) is 0.600. The van der Waals surface area contributed by atoms with Gasteiger partial charge in [0.2, 0.25) is 0 Å². The van der Waals surface area contributed by atoms with Gasteiger partial charge in [0, 0.05) is 6.42 Å². The Labute approximate surface area is 53.8 Å². The summed E-state index contributed by atoms with van der Waals surface area (Å²) in [6, 6.07) is 0. The summed E-state index contributed by atoms with van der Waals surface area (Å²) in [4.78, 5) is 10.2. The molecule has 8 heavy (non-hydrogen) atoms. The lowest BCUT2D eigenvalue weighted by molar-refractivity contribution is -0.142. The summed E-state index contributed by atoms with van der Waals surface area (Å²) in [6.07, 6.45) is 0.177. The third kappa shape index (κ3) is 3.93. The van der Waals surface area contributed by atoms with Crippen LogP contribution in [0.15, 0.2) is 0 Å². The number of halogens is 1. The Kier molecular flexibility index (Phi) is 4.76. The van der Waals surface area contributed by atoms with Gasteiger partial charge in [0.05, 0.1) is 5.88 Å². The maximum absolute atomic E-state index is 10.2. The van der Waals surface area contributed by atoms with Crippen LogP contribution in [0.4, 0.5) is 0 Å². The highest BCUT2D eigenvalue weighted by Crippen LogP contribution is 1.83. The molecule has 1 radical (unpaired) electrons. The maximum Gasteiger partial charge on any atom is 0.305 e. The Morgan fingerprint density at radius 2 is 2.38 bits per heavy atom. The molecule has 0 spiro atoms. The summed E-state index contributed by atoms with van der Waals surface area (Å²) < 4.78 is 4.51. The quantitative estimate of drug-likeness (QED) is 0.426. The number of rotatable bonds is 3. The van der Waals surface area contributed by atoms with Gasteiger partial charge in [0.1, 0.15) is 6.61 Å². The second-order valence-electron chi connectivity index (χ2n) is 1.16. The van der Waals surface area contributed by atoms with Crippen LogP contribution in [0.1, 0.15) is 6.42 Å². The van der Waals surface area contributed by atoms with Crippen LogP contribution < -0.4 is 0 Å². The van der Waals surface area contributed by atoms with Crippen LogP contribution in [0.25, 0.3) is 0 Å². The zero-order chi connectivity index (χ0) is 6.41. The Bertz CT molecular complexity index is 72.8. The predicted octanol–water partition coefficient (Wildman–Crippen LogP) is 0.993. The zero-order valence-corrected chi connectivity index (χ0v) is 5.28. The summed E-state index contributed by atoms with van der Waals surface area (Å²) in [7, 11) is 0. The minimum absolute atomic E-state index is 0.177. The molecule has 0 N–H and O–H groups in total. The second kappa shape index (κ2) is 4.91. The predicted molar refractivity (Wildman–Crippen MR) is 31.7 cm³/mol. The molecular weight excluding hydrogens is 128 g/mol. The molecule has 3 heteroatoms. The highest BCUT2D eigenvalue weighted by Gasteiger charge is 1.93. The third-order valence-corrected chi connectivity index (χ3v) is 0.699. The molecule has 0 aliphatic rings. The molecule has 0 aromatic carbocycles. The molecule has 0 aromatic rings. The number of esters is 1. The van der Waals surface area contributed by atoms with Crippen molar-refractivity contribution in [1.82, 2.24) is 0 Å². The van der Waals surface area contributed by atoms with E-state index in [9.17, 15) is 4.79 Å². The van der Waals surface area contributed by atoms with Gasteiger partial charge in [-0.05, 0) is 6.92 Å². The summed E-state index contributed by atoms with van der Waals surface area (Å²) in [5.41, 5.74) is 0. The van der Waals surface area contributed by atoms with Gasteiger partial charge >= 0.3 is 5.97 Å². The first kappa shape index (κ1) is 7.76. The number of carbonyl (C=O) groups excluding carboxylic acids is 1. The topological polar surface area (TPSA) is 26.3 Å². The van der Waals surface area contributed by atoms with E-state index in [1.807, 2.05) is 0 Å². The average Bonchev–Trinajstić information content (AvgIpc) is 1.83. The molecule has 2 nitrogen and oxygen atoms in total. The van der Waals surface area contributed by atoms with Crippen LogP contribution in [-0.4, -0.2) is 18.5 Å². The van der Waals surface area contributed by atoms with E-state index >= 15 is 0 Å². The molecule has 0 amide bonds. The van der Waals surface area contributed by atoms with E-state index in [-0.39, 0.29) is 19.0 Å². The van der Waals surface area contributed by atoms with Crippen molar-refractivity contribution in [3.05, 3.63) is 6.92 Å². The van der Waals surface area contributed by atoms with Crippen LogP contribution in [0.3, 0.4) is 0 Å². The van der Waals surface area contributed by atoms with Crippen LogP contribution >= 0.6 is 11.6 Å². The van der Waals surface area contributed by atoms with Crippen molar-refractivity contribution in [2.75, 3.05) is 12.5 Å². The van der Waals surface area contributed by atoms with Crippen molar-refractivity contribution >= 4 is 17.6 Å². The smallest absolute Gasteiger partial charge is 0.305 e. The summed E-state index contributed by atoms with van der Waals surface area (Å²) >= 11 is 5.20. The number of carbonyl (C=O) groups is 1. The van der Waals surface area contributed by atoms with Crippen LogP contribution in [0.2, 0.25) is 0 Å². The van der Waals surface area contributed by atoms with E-state index in [0.29, 0.717) is 5.88 Å². The highest BCUT2D eigenvalue weighted by molar-refractivity contribution is 6.18. The van der Waals surface area contributed by atoms with Crippen molar-refractivity contribution in [2.24, 2.45) is 0 Å². The Balaban J connectivity index is 2.99. The second-order valence-corrected chi connectivity index (χ2v) is 1.54. The molecule has 0 aromatic heterocycles. The van der Waals surface area contributed by atoms with Gasteiger partial charge in [-0.1, -0.05) is 0 Å².